The predicted octanol–water partition coefficient (Wildman–Crippen LogP) is 4.34. The number of hydrogen-bond acceptors (Lipinski definition) is 3. The quantitative estimate of drug-likeness (QED) is 0.866. The van der Waals surface area contributed by atoms with Crippen LogP contribution in [0.15, 0.2) is 48.5 Å². The van der Waals surface area contributed by atoms with Gasteiger partial charge in [0, 0.05) is 10.8 Å². The molecule has 2 aromatic carbocycles. The second-order valence-corrected chi connectivity index (χ2v) is 7.74. The maximum Gasteiger partial charge on any atom is 0.250 e. The number of hydrogen-bond donors (Lipinski definition) is 1. The molecule has 0 saturated heterocycles. The van der Waals surface area contributed by atoms with E-state index in [2.05, 4.69) is 5.32 Å². The van der Waals surface area contributed by atoms with E-state index in [0.717, 1.165) is 11.3 Å². The van der Waals surface area contributed by atoms with Gasteiger partial charge in [0.2, 0.25) is 11.8 Å². The van der Waals surface area contributed by atoms with E-state index in [1.165, 1.54) is 11.8 Å². The highest BCUT2D eigenvalue weighted by Gasteiger charge is 2.43. The summed E-state index contributed by atoms with van der Waals surface area (Å²) in [5, 5.41) is 3.57. The number of halogens is 1. The molecule has 130 valence electrons. The molecule has 0 aromatic heterocycles. The molecule has 0 unspecified atom stereocenters. The third kappa shape index (κ3) is 3.53. The number of fused-ring (bicyclic) bond motifs is 1. The minimum Gasteiger partial charge on any atom is -0.322 e. The fourth-order valence-corrected chi connectivity index (χ4v) is 3.99. The van der Waals surface area contributed by atoms with Crippen molar-refractivity contribution < 1.29 is 9.59 Å². The first-order chi connectivity index (χ1) is 11.9. The van der Waals surface area contributed by atoms with Gasteiger partial charge < -0.3 is 5.32 Å². The molecule has 0 fully saturated rings. The van der Waals surface area contributed by atoms with Crippen LogP contribution in [0, 0.1) is 0 Å². The lowest BCUT2D eigenvalue weighted by molar-refractivity contribution is -0.125. The summed E-state index contributed by atoms with van der Waals surface area (Å²) in [5.74, 6) is 0.643. The number of amides is 2. The Kier molecular flexibility index (Phi) is 5.06. The molecule has 3 rings (SSSR count). The molecule has 6 heteroatoms. The van der Waals surface area contributed by atoms with Crippen molar-refractivity contribution in [2.45, 2.75) is 25.1 Å². The summed E-state index contributed by atoms with van der Waals surface area (Å²) in [4.78, 5) is 26.9. The minimum atomic E-state index is -0.934. The van der Waals surface area contributed by atoms with Gasteiger partial charge in [0.15, 0.2) is 0 Å². The van der Waals surface area contributed by atoms with Gasteiger partial charge in [-0.25, -0.2) is 0 Å². The molecule has 1 N–H and O–H groups in total. The predicted molar refractivity (Wildman–Crippen MR) is 104 cm³/mol. The lowest BCUT2D eigenvalue weighted by Gasteiger charge is -2.42. The van der Waals surface area contributed by atoms with Gasteiger partial charge in [-0.15, -0.1) is 11.8 Å². The number of carbonyl (C=O) groups is 2. The van der Waals surface area contributed by atoms with Gasteiger partial charge in [0.25, 0.3) is 0 Å². The molecule has 0 bridgehead atoms. The van der Waals surface area contributed by atoms with Crippen molar-refractivity contribution in [2.24, 2.45) is 0 Å². The molecule has 2 aromatic rings. The smallest absolute Gasteiger partial charge is 0.250 e. The highest BCUT2D eigenvalue weighted by molar-refractivity contribution is 7.99. The lowest BCUT2D eigenvalue weighted by atomic mass is 9.96. The molecule has 2 amide bonds. The Morgan fingerprint density at radius 3 is 2.60 bits per heavy atom. The second-order valence-electron chi connectivity index (χ2n) is 6.34. The Morgan fingerprint density at radius 1 is 1.16 bits per heavy atom. The van der Waals surface area contributed by atoms with Gasteiger partial charge in [-0.05, 0) is 37.6 Å². The van der Waals surface area contributed by atoms with Crippen molar-refractivity contribution >= 4 is 46.6 Å². The standard InChI is InChI=1S/C19H19ClN2O2S/c1-19(2)18(24)21-15-9-5-6-10-16(15)22(19)17(23)12-25-11-13-7-3-4-8-14(13)20/h3-10H,11-12H2,1-2H3,(H,21,24). The van der Waals surface area contributed by atoms with Crippen molar-refractivity contribution in [3.8, 4) is 0 Å². The maximum atomic E-state index is 12.9. The zero-order valence-electron chi connectivity index (χ0n) is 14.1. The molecule has 1 heterocycles. The Morgan fingerprint density at radius 2 is 1.84 bits per heavy atom. The molecule has 1 aliphatic rings. The first kappa shape index (κ1) is 17.8. The van der Waals surface area contributed by atoms with E-state index in [9.17, 15) is 9.59 Å². The van der Waals surface area contributed by atoms with E-state index in [4.69, 9.17) is 11.6 Å². The molecule has 0 aliphatic carbocycles. The first-order valence-corrected chi connectivity index (χ1v) is 9.49. The summed E-state index contributed by atoms with van der Waals surface area (Å²) in [6.45, 7) is 3.52. The number of nitrogens with one attached hydrogen (secondary N) is 1. The van der Waals surface area contributed by atoms with Crippen molar-refractivity contribution in [3.05, 3.63) is 59.1 Å². The zero-order chi connectivity index (χ0) is 18.0. The van der Waals surface area contributed by atoms with Crippen molar-refractivity contribution in [1.82, 2.24) is 0 Å². The number of para-hydroxylation sites is 2. The summed E-state index contributed by atoms with van der Waals surface area (Å²) in [7, 11) is 0. The highest BCUT2D eigenvalue weighted by Crippen LogP contribution is 2.37. The van der Waals surface area contributed by atoms with Crippen LogP contribution in [0.3, 0.4) is 0 Å². The number of nitrogens with zero attached hydrogens (tertiary/aromatic N) is 1. The average Bonchev–Trinajstić information content (AvgIpc) is 2.57. The summed E-state index contributed by atoms with van der Waals surface area (Å²) in [6.07, 6.45) is 0. The molecular formula is C19H19ClN2O2S. The SMILES string of the molecule is CC1(C)C(=O)Nc2ccccc2N1C(=O)CSCc1ccccc1Cl. The highest BCUT2D eigenvalue weighted by atomic mass is 35.5. The van der Waals surface area contributed by atoms with E-state index < -0.39 is 5.54 Å². The molecule has 0 radical (unpaired) electrons. The molecule has 4 nitrogen and oxygen atoms in total. The molecular weight excluding hydrogens is 356 g/mol. The normalized spacial score (nSPS) is 15.5. The number of benzene rings is 2. The summed E-state index contributed by atoms with van der Waals surface area (Å²) >= 11 is 7.65. The molecule has 1 aliphatic heterocycles. The van der Waals surface area contributed by atoms with E-state index in [1.807, 2.05) is 42.5 Å². The monoisotopic (exact) mass is 374 g/mol. The number of thioether (sulfide) groups is 1. The van der Waals surface area contributed by atoms with Crippen LogP contribution >= 0.6 is 23.4 Å². The van der Waals surface area contributed by atoms with Crippen LogP contribution < -0.4 is 10.2 Å². The maximum absolute atomic E-state index is 12.9. The first-order valence-electron chi connectivity index (χ1n) is 7.96. The van der Waals surface area contributed by atoms with Crippen molar-refractivity contribution in [3.63, 3.8) is 0 Å². The second kappa shape index (κ2) is 7.10. The van der Waals surface area contributed by atoms with E-state index in [-0.39, 0.29) is 17.6 Å². The zero-order valence-corrected chi connectivity index (χ0v) is 15.7. The molecule has 25 heavy (non-hydrogen) atoms. The van der Waals surface area contributed by atoms with Gasteiger partial charge >= 0.3 is 0 Å². The van der Waals surface area contributed by atoms with Crippen LogP contribution in [0.2, 0.25) is 5.02 Å². The van der Waals surface area contributed by atoms with Crippen LogP contribution in [-0.4, -0.2) is 23.1 Å². The van der Waals surface area contributed by atoms with Gasteiger partial charge in [0.05, 0.1) is 17.1 Å². The Labute approximate surface area is 156 Å². The van der Waals surface area contributed by atoms with Gasteiger partial charge in [-0.2, -0.15) is 0 Å². The summed E-state index contributed by atoms with van der Waals surface area (Å²) in [6, 6.07) is 15.0. The van der Waals surface area contributed by atoms with Gasteiger partial charge in [0.1, 0.15) is 5.54 Å². The van der Waals surface area contributed by atoms with Gasteiger partial charge in [-0.1, -0.05) is 41.9 Å². The summed E-state index contributed by atoms with van der Waals surface area (Å²) < 4.78 is 0. The number of anilines is 2. The molecule has 0 spiro atoms. The fraction of sp³-hybridized carbons (Fsp3) is 0.263. The third-order valence-electron chi connectivity index (χ3n) is 4.20. The Balaban J connectivity index is 1.76. The molecule has 0 saturated carbocycles. The molecule has 0 atom stereocenters. The Bertz CT molecular complexity index is 823. The fourth-order valence-electron chi connectivity index (χ4n) is 2.83. The topological polar surface area (TPSA) is 49.4 Å². The van der Waals surface area contributed by atoms with E-state index >= 15 is 0 Å². The third-order valence-corrected chi connectivity index (χ3v) is 5.53. The lowest BCUT2D eigenvalue weighted by Crippen LogP contribution is -2.58. The van der Waals surface area contributed by atoms with E-state index in [0.29, 0.717) is 16.5 Å². The Hall–Kier alpha value is -1.98. The van der Waals surface area contributed by atoms with Crippen LogP contribution in [0.5, 0.6) is 0 Å². The number of carbonyl (C=O) groups excluding carboxylic acids is 2. The minimum absolute atomic E-state index is 0.0932. The van der Waals surface area contributed by atoms with Crippen LogP contribution in [0.4, 0.5) is 11.4 Å². The van der Waals surface area contributed by atoms with Gasteiger partial charge in [-0.3, -0.25) is 14.5 Å². The van der Waals surface area contributed by atoms with Crippen LogP contribution in [0.1, 0.15) is 19.4 Å². The van der Waals surface area contributed by atoms with Crippen molar-refractivity contribution in [1.29, 1.82) is 0 Å². The van der Waals surface area contributed by atoms with Crippen LogP contribution in [-0.2, 0) is 15.3 Å². The van der Waals surface area contributed by atoms with Crippen molar-refractivity contribution in [2.75, 3.05) is 16.0 Å². The average molecular weight is 375 g/mol. The largest absolute Gasteiger partial charge is 0.322 e. The number of rotatable bonds is 4. The summed E-state index contributed by atoms with van der Waals surface area (Å²) in [5.41, 5.74) is 1.46. The van der Waals surface area contributed by atoms with E-state index in [1.54, 1.807) is 24.8 Å². The van der Waals surface area contributed by atoms with Crippen LogP contribution in [0.25, 0.3) is 0 Å².